The standard InChI is InChI=1S/C30H48N2O/c1-3-5-7-9-11-12-13-14-15-17-19-27-20-22-28(23-21-27)30-31-25-29(26-32-30)33-24-18-16-10-8-6-4-2/h20-23,25-26H,3-19,24H2,1-2H3. The number of unbranched alkanes of at least 4 members (excludes halogenated alkanes) is 14. The zero-order chi connectivity index (χ0) is 23.4. The van der Waals surface area contributed by atoms with Gasteiger partial charge in [-0.1, -0.05) is 128 Å². The Balaban J connectivity index is 1.58. The molecule has 0 aliphatic heterocycles. The fraction of sp³-hybridized carbons (Fsp3) is 0.667. The number of nitrogens with zero attached hydrogens (tertiary/aromatic N) is 2. The average Bonchev–Trinajstić information content (AvgIpc) is 2.85. The van der Waals surface area contributed by atoms with Crippen LogP contribution in [0.5, 0.6) is 5.75 Å². The number of aryl methyl sites for hydroxylation is 1. The normalized spacial score (nSPS) is 11.1. The maximum atomic E-state index is 5.80. The molecule has 0 saturated heterocycles. The summed E-state index contributed by atoms with van der Waals surface area (Å²) in [5, 5.41) is 0. The molecule has 33 heavy (non-hydrogen) atoms. The summed E-state index contributed by atoms with van der Waals surface area (Å²) in [5.41, 5.74) is 2.49. The van der Waals surface area contributed by atoms with E-state index >= 15 is 0 Å². The molecular formula is C30H48N2O. The van der Waals surface area contributed by atoms with Gasteiger partial charge in [0.25, 0.3) is 0 Å². The molecule has 184 valence electrons. The minimum atomic E-state index is 0.752. The van der Waals surface area contributed by atoms with Crippen LogP contribution in [0, 0.1) is 0 Å². The maximum absolute atomic E-state index is 5.80. The zero-order valence-corrected chi connectivity index (χ0v) is 21.5. The van der Waals surface area contributed by atoms with Crippen LogP contribution in [0.1, 0.15) is 122 Å². The number of hydrogen-bond acceptors (Lipinski definition) is 3. The molecule has 0 aliphatic carbocycles. The lowest BCUT2D eigenvalue weighted by atomic mass is 10.0. The Kier molecular flexibility index (Phi) is 15.3. The third-order valence-corrected chi connectivity index (χ3v) is 6.43. The van der Waals surface area contributed by atoms with Gasteiger partial charge in [-0.25, -0.2) is 9.97 Å². The smallest absolute Gasteiger partial charge is 0.159 e. The van der Waals surface area contributed by atoms with E-state index in [1.165, 1.54) is 108 Å². The molecule has 1 aromatic heterocycles. The molecule has 0 atom stereocenters. The van der Waals surface area contributed by atoms with Gasteiger partial charge in [-0.2, -0.15) is 0 Å². The first kappa shape index (κ1) is 27.3. The van der Waals surface area contributed by atoms with Crippen LogP contribution in [0.4, 0.5) is 0 Å². The predicted octanol–water partition coefficient (Wildman–Crippen LogP) is 9.35. The summed E-state index contributed by atoms with van der Waals surface area (Å²) in [6.45, 7) is 5.29. The van der Waals surface area contributed by atoms with Crippen molar-refractivity contribution in [2.45, 2.75) is 123 Å². The second-order valence-corrected chi connectivity index (χ2v) is 9.49. The van der Waals surface area contributed by atoms with Gasteiger partial charge in [0.15, 0.2) is 11.6 Å². The Morgan fingerprint density at radius 1 is 0.576 bits per heavy atom. The molecule has 0 saturated carbocycles. The Morgan fingerprint density at radius 3 is 1.61 bits per heavy atom. The van der Waals surface area contributed by atoms with Gasteiger partial charge in [0.2, 0.25) is 0 Å². The maximum Gasteiger partial charge on any atom is 0.159 e. The molecule has 0 N–H and O–H groups in total. The van der Waals surface area contributed by atoms with E-state index in [0.717, 1.165) is 30.2 Å². The highest BCUT2D eigenvalue weighted by Crippen LogP contribution is 2.19. The lowest BCUT2D eigenvalue weighted by Crippen LogP contribution is -1.99. The Bertz CT molecular complexity index is 696. The number of rotatable bonds is 20. The van der Waals surface area contributed by atoms with Gasteiger partial charge in [0.05, 0.1) is 19.0 Å². The lowest BCUT2D eigenvalue weighted by Gasteiger charge is -2.07. The molecule has 2 rings (SSSR count). The van der Waals surface area contributed by atoms with Gasteiger partial charge >= 0.3 is 0 Å². The number of aromatic nitrogens is 2. The van der Waals surface area contributed by atoms with Gasteiger partial charge < -0.3 is 4.74 Å². The van der Waals surface area contributed by atoms with Crippen molar-refractivity contribution in [1.29, 1.82) is 0 Å². The number of ether oxygens (including phenoxy) is 1. The van der Waals surface area contributed by atoms with Crippen LogP contribution >= 0.6 is 0 Å². The quantitative estimate of drug-likeness (QED) is 0.188. The van der Waals surface area contributed by atoms with E-state index in [1.54, 1.807) is 12.4 Å². The van der Waals surface area contributed by atoms with Crippen molar-refractivity contribution in [2.24, 2.45) is 0 Å². The van der Waals surface area contributed by atoms with Crippen LogP contribution in [0.25, 0.3) is 11.4 Å². The largest absolute Gasteiger partial charge is 0.490 e. The van der Waals surface area contributed by atoms with Crippen LogP contribution in [0.2, 0.25) is 0 Å². The van der Waals surface area contributed by atoms with Crippen molar-refractivity contribution in [2.75, 3.05) is 6.61 Å². The second kappa shape index (κ2) is 18.5. The third kappa shape index (κ3) is 12.8. The van der Waals surface area contributed by atoms with Crippen molar-refractivity contribution in [3.05, 3.63) is 42.2 Å². The Labute approximate surface area is 203 Å². The molecule has 2 aromatic rings. The molecule has 0 radical (unpaired) electrons. The molecule has 0 aliphatic rings. The van der Waals surface area contributed by atoms with E-state index in [0.29, 0.717) is 0 Å². The summed E-state index contributed by atoms with van der Waals surface area (Å²) in [6.07, 6.45) is 26.3. The Morgan fingerprint density at radius 2 is 1.06 bits per heavy atom. The first-order valence-corrected chi connectivity index (χ1v) is 13.9. The fourth-order valence-corrected chi connectivity index (χ4v) is 4.25. The number of hydrogen-bond donors (Lipinski definition) is 0. The molecule has 0 fully saturated rings. The monoisotopic (exact) mass is 452 g/mol. The van der Waals surface area contributed by atoms with Crippen LogP contribution in [0.15, 0.2) is 36.7 Å². The number of benzene rings is 1. The van der Waals surface area contributed by atoms with Crippen molar-refractivity contribution < 1.29 is 4.74 Å². The highest BCUT2D eigenvalue weighted by atomic mass is 16.5. The first-order valence-electron chi connectivity index (χ1n) is 13.9. The molecule has 0 bridgehead atoms. The van der Waals surface area contributed by atoms with Crippen molar-refractivity contribution in [3.8, 4) is 17.1 Å². The Hall–Kier alpha value is -1.90. The van der Waals surface area contributed by atoms with Crippen molar-refractivity contribution >= 4 is 0 Å². The minimum Gasteiger partial charge on any atom is -0.490 e. The average molecular weight is 453 g/mol. The molecule has 1 aromatic carbocycles. The van der Waals surface area contributed by atoms with E-state index in [1.807, 2.05) is 0 Å². The molecule has 3 nitrogen and oxygen atoms in total. The zero-order valence-electron chi connectivity index (χ0n) is 21.5. The van der Waals surface area contributed by atoms with Crippen molar-refractivity contribution in [3.63, 3.8) is 0 Å². The van der Waals surface area contributed by atoms with E-state index < -0.39 is 0 Å². The summed E-state index contributed by atoms with van der Waals surface area (Å²) in [6, 6.07) is 8.76. The first-order chi connectivity index (χ1) is 16.3. The third-order valence-electron chi connectivity index (χ3n) is 6.43. The van der Waals surface area contributed by atoms with E-state index in [4.69, 9.17) is 4.74 Å². The predicted molar refractivity (Wildman–Crippen MR) is 142 cm³/mol. The molecule has 0 amide bonds. The molecule has 3 heteroatoms. The minimum absolute atomic E-state index is 0.752. The summed E-state index contributed by atoms with van der Waals surface area (Å²) < 4.78 is 5.80. The van der Waals surface area contributed by atoms with Gasteiger partial charge in [-0.3, -0.25) is 0 Å². The van der Waals surface area contributed by atoms with Crippen LogP contribution in [0.3, 0.4) is 0 Å². The molecule has 1 heterocycles. The van der Waals surface area contributed by atoms with E-state index in [-0.39, 0.29) is 0 Å². The SMILES string of the molecule is CCCCCCCCCCCCc1ccc(-c2ncc(OCCCCCCCC)cn2)cc1. The highest BCUT2D eigenvalue weighted by Gasteiger charge is 2.03. The van der Waals surface area contributed by atoms with E-state index in [2.05, 4.69) is 48.1 Å². The molecule has 0 unspecified atom stereocenters. The van der Waals surface area contributed by atoms with Gasteiger partial charge in [0, 0.05) is 5.56 Å². The van der Waals surface area contributed by atoms with Crippen LogP contribution in [-0.4, -0.2) is 16.6 Å². The lowest BCUT2D eigenvalue weighted by molar-refractivity contribution is 0.302. The highest BCUT2D eigenvalue weighted by molar-refractivity contribution is 5.55. The van der Waals surface area contributed by atoms with Crippen molar-refractivity contribution in [1.82, 2.24) is 9.97 Å². The van der Waals surface area contributed by atoms with Gasteiger partial charge in [-0.05, 0) is 24.8 Å². The van der Waals surface area contributed by atoms with Gasteiger partial charge in [-0.15, -0.1) is 0 Å². The van der Waals surface area contributed by atoms with Crippen LogP contribution < -0.4 is 4.74 Å². The summed E-state index contributed by atoms with van der Waals surface area (Å²) in [4.78, 5) is 9.02. The summed E-state index contributed by atoms with van der Waals surface area (Å²) >= 11 is 0. The van der Waals surface area contributed by atoms with Crippen LogP contribution in [-0.2, 0) is 6.42 Å². The van der Waals surface area contributed by atoms with E-state index in [9.17, 15) is 0 Å². The molecular weight excluding hydrogens is 404 g/mol. The summed E-state index contributed by atoms with van der Waals surface area (Å²) in [7, 11) is 0. The van der Waals surface area contributed by atoms with Gasteiger partial charge in [0.1, 0.15) is 0 Å². The topological polar surface area (TPSA) is 35.0 Å². The second-order valence-electron chi connectivity index (χ2n) is 9.49. The molecule has 0 spiro atoms. The fourth-order valence-electron chi connectivity index (χ4n) is 4.25. The summed E-state index contributed by atoms with van der Waals surface area (Å²) in [5.74, 6) is 1.54.